The van der Waals surface area contributed by atoms with Crippen LogP contribution >= 0.6 is 0 Å². The largest absolute Gasteiger partial charge is 0.494 e. The molecule has 2 N–H and O–H groups in total. The number of amides is 1. The number of pyridine rings is 1. The molecule has 10 heteroatoms. The fraction of sp³-hybridized carbons (Fsp3) is 0.192. The van der Waals surface area contributed by atoms with Crippen molar-refractivity contribution in [1.29, 1.82) is 0 Å². The number of ether oxygens (including phenoxy) is 2. The van der Waals surface area contributed by atoms with E-state index < -0.39 is 0 Å². The first-order chi connectivity index (χ1) is 17.4. The molecule has 0 saturated carbocycles. The van der Waals surface area contributed by atoms with Gasteiger partial charge in [-0.3, -0.25) is 9.36 Å². The van der Waals surface area contributed by atoms with Gasteiger partial charge in [0.15, 0.2) is 0 Å². The van der Waals surface area contributed by atoms with Crippen molar-refractivity contribution in [2.24, 2.45) is 0 Å². The number of nitrogens with zero attached hydrogens (tertiary/aromatic N) is 4. The maximum Gasteiger partial charge on any atom is 0.247 e. The number of rotatable bonds is 10. The van der Waals surface area contributed by atoms with Crippen LogP contribution in [0.1, 0.15) is 0 Å². The minimum absolute atomic E-state index is 0.339. The molecule has 36 heavy (non-hydrogen) atoms. The monoisotopic (exact) mass is 490 g/mol. The van der Waals surface area contributed by atoms with E-state index in [2.05, 4.69) is 27.2 Å². The van der Waals surface area contributed by atoms with Crippen LogP contribution in [0.4, 0.5) is 21.6 Å². The van der Waals surface area contributed by atoms with Crippen molar-refractivity contribution in [3.63, 3.8) is 0 Å². The fourth-order valence-electron chi connectivity index (χ4n) is 3.52. The third-order valence-corrected chi connectivity index (χ3v) is 5.32. The average molecular weight is 491 g/mol. The Bertz CT molecular complexity index is 1400. The molecule has 2 aromatic heterocycles. The molecule has 0 saturated heterocycles. The first-order valence-electron chi connectivity index (χ1n) is 11.2. The summed E-state index contributed by atoms with van der Waals surface area (Å²) in [6.45, 7) is 4.63. The van der Waals surface area contributed by atoms with E-state index in [1.54, 1.807) is 54.5 Å². The van der Waals surface area contributed by atoms with Crippen LogP contribution in [0.25, 0.3) is 16.7 Å². The summed E-state index contributed by atoms with van der Waals surface area (Å²) in [5, 5.41) is 6.01. The highest BCUT2D eigenvalue weighted by Gasteiger charge is 2.15. The van der Waals surface area contributed by atoms with Gasteiger partial charge in [0.1, 0.15) is 41.6 Å². The van der Waals surface area contributed by atoms with Crippen LogP contribution in [0.5, 0.6) is 11.5 Å². The van der Waals surface area contributed by atoms with Crippen LogP contribution in [-0.4, -0.2) is 59.7 Å². The fourth-order valence-corrected chi connectivity index (χ4v) is 3.52. The minimum Gasteiger partial charge on any atom is -0.494 e. The normalized spacial score (nSPS) is 10.9. The predicted octanol–water partition coefficient (Wildman–Crippen LogP) is 4.38. The first kappa shape index (κ1) is 24.7. The maximum atomic E-state index is 13.8. The third kappa shape index (κ3) is 5.61. The molecule has 2 heterocycles. The van der Waals surface area contributed by atoms with Crippen LogP contribution in [0.2, 0.25) is 0 Å². The number of carbonyl (C=O) groups excluding carboxylic acids is 1. The molecule has 2 aromatic carbocycles. The Kier molecular flexibility index (Phi) is 7.45. The molecule has 0 aliphatic heterocycles. The Balaban J connectivity index is 1.69. The van der Waals surface area contributed by atoms with Gasteiger partial charge in [-0.25, -0.2) is 14.4 Å². The van der Waals surface area contributed by atoms with Crippen molar-refractivity contribution in [2.45, 2.75) is 0 Å². The molecule has 9 nitrogen and oxygen atoms in total. The zero-order chi connectivity index (χ0) is 25.7. The predicted molar refractivity (Wildman–Crippen MR) is 138 cm³/mol. The van der Waals surface area contributed by atoms with Gasteiger partial charge < -0.3 is 25.0 Å². The number of halogens is 1. The molecule has 0 unspecified atom stereocenters. The van der Waals surface area contributed by atoms with Crippen LogP contribution in [0.15, 0.2) is 67.6 Å². The zero-order valence-corrected chi connectivity index (χ0v) is 20.3. The molecule has 186 valence electrons. The van der Waals surface area contributed by atoms with Crippen molar-refractivity contribution < 1.29 is 18.7 Å². The van der Waals surface area contributed by atoms with Gasteiger partial charge in [-0.2, -0.15) is 0 Å². The van der Waals surface area contributed by atoms with Crippen molar-refractivity contribution in [2.75, 3.05) is 45.0 Å². The number of likely N-dealkylation sites (N-methyl/N-ethyl adjacent to an activating group) is 1. The highest BCUT2D eigenvalue weighted by atomic mass is 19.1. The topological polar surface area (TPSA) is 93.5 Å². The highest BCUT2D eigenvalue weighted by molar-refractivity contribution is 6.00. The second kappa shape index (κ2) is 10.9. The van der Waals surface area contributed by atoms with E-state index >= 15 is 0 Å². The highest BCUT2D eigenvalue weighted by Crippen LogP contribution is 2.38. The van der Waals surface area contributed by atoms with E-state index in [1.807, 2.05) is 19.0 Å². The number of aromatic nitrogens is 3. The second-order valence-corrected chi connectivity index (χ2v) is 8.17. The van der Waals surface area contributed by atoms with Crippen LogP contribution < -0.4 is 20.1 Å². The number of methoxy groups -OCH3 is 1. The van der Waals surface area contributed by atoms with Gasteiger partial charge in [-0.15, -0.1) is 0 Å². The smallest absolute Gasteiger partial charge is 0.247 e. The lowest BCUT2D eigenvalue weighted by atomic mass is 10.2. The Morgan fingerprint density at radius 3 is 2.72 bits per heavy atom. The van der Waals surface area contributed by atoms with Gasteiger partial charge in [0, 0.05) is 18.7 Å². The van der Waals surface area contributed by atoms with Crippen molar-refractivity contribution in [3.8, 4) is 17.2 Å². The summed E-state index contributed by atoms with van der Waals surface area (Å²) >= 11 is 0. The van der Waals surface area contributed by atoms with E-state index in [-0.39, 0.29) is 11.7 Å². The molecule has 4 rings (SSSR count). The van der Waals surface area contributed by atoms with Crippen molar-refractivity contribution in [3.05, 3.63) is 73.5 Å². The summed E-state index contributed by atoms with van der Waals surface area (Å²) in [6, 6.07) is 11.5. The number of carbonyl (C=O) groups is 1. The summed E-state index contributed by atoms with van der Waals surface area (Å²) in [5.74, 6) is 0.742. The molecule has 0 aliphatic rings. The molecular formula is C26H27FN6O3. The van der Waals surface area contributed by atoms with Gasteiger partial charge >= 0.3 is 0 Å². The average Bonchev–Trinajstić information content (AvgIpc) is 3.28. The van der Waals surface area contributed by atoms with Crippen molar-refractivity contribution >= 4 is 34.1 Å². The number of hydrogen-bond acceptors (Lipinski definition) is 7. The number of nitrogens with one attached hydrogen (secondary N) is 2. The molecule has 0 fully saturated rings. The Labute approximate surface area is 208 Å². The number of imidazole rings is 1. The zero-order valence-electron chi connectivity index (χ0n) is 20.3. The second-order valence-electron chi connectivity index (χ2n) is 8.17. The number of anilines is 3. The molecule has 0 atom stereocenters. The van der Waals surface area contributed by atoms with E-state index in [9.17, 15) is 9.18 Å². The van der Waals surface area contributed by atoms with E-state index in [1.165, 1.54) is 18.2 Å². The van der Waals surface area contributed by atoms with Crippen molar-refractivity contribution in [1.82, 2.24) is 19.4 Å². The van der Waals surface area contributed by atoms with Gasteiger partial charge in [0.05, 0.1) is 35.9 Å². The van der Waals surface area contributed by atoms with Crippen LogP contribution in [0.3, 0.4) is 0 Å². The van der Waals surface area contributed by atoms with Gasteiger partial charge in [0.25, 0.3) is 0 Å². The minimum atomic E-state index is -0.373. The van der Waals surface area contributed by atoms with Crippen LogP contribution in [0, 0.1) is 5.82 Å². The molecule has 0 aliphatic carbocycles. The summed E-state index contributed by atoms with van der Waals surface area (Å²) in [4.78, 5) is 22.9. The van der Waals surface area contributed by atoms with Gasteiger partial charge in [-0.05, 0) is 44.4 Å². The number of benzene rings is 2. The Morgan fingerprint density at radius 2 is 2.00 bits per heavy atom. The summed E-state index contributed by atoms with van der Waals surface area (Å²) < 4.78 is 27.1. The van der Waals surface area contributed by atoms with Crippen LogP contribution in [-0.2, 0) is 4.79 Å². The Hall–Kier alpha value is -4.44. The molecule has 0 bridgehead atoms. The number of hydrogen-bond donors (Lipinski definition) is 2. The standard InChI is InChI=1S/C26H27FN6O3/c1-5-26(34)31-20-12-19(23(35-4)14-24(20)36-10-9-32(2)3)30-25-13-22-21(15-28-25)29-16-33(22)18-8-6-7-17(27)11-18/h5-8,11-16H,1,9-10H2,2-4H3,(H,28,30)(H,31,34). The lowest BCUT2D eigenvalue weighted by Crippen LogP contribution is -2.20. The molecule has 0 radical (unpaired) electrons. The number of fused-ring (bicyclic) bond motifs is 1. The third-order valence-electron chi connectivity index (χ3n) is 5.32. The molecule has 1 amide bonds. The molecule has 0 spiro atoms. The summed E-state index contributed by atoms with van der Waals surface area (Å²) in [7, 11) is 5.44. The Morgan fingerprint density at radius 1 is 1.17 bits per heavy atom. The van der Waals surface area contributed by atoms with E-state index in [4.69, 9.17) is 9.47 Å². The van der Waals surface area contributed by atoms with E-state index in [0.29, 0.717) is 53.0 Å². The van der Waals surface area contributed by atoms with Gasteiger partial charge in [0.2, 0.25) is 5.91 Å². The maximum absolute atomic E-state index is 13.8. The van der Waals surface area contributed by atoms with Gasteiger partial charge in [-0.1, -0.05) is 12.6 Å². The lowest BCUT2D eigenvalue weighted by Gasteiger charge is -2.18. The summed E-state index contributed by atoms with van der Waals surface area (Å²) in [6.07, 6.45) is 4.43. The first-order valence-corrected chi connectivity index (χ1v) is 11.2. The molecule has 4 aromatic rings. The SMILES string of the molecule is C=CC(=O)Nc1cc(Nc2cc3c(cn2)ncn3-c2cccc(F)c2)c(OC)cc1OCCN(C)C. The van der Waals surface area contributed by atoms with E-state index in [0.717, 1.165) is 5.52 Å². The lowest BCUT2D eigenvalue weighted by molar-refractivity contribution is -0.111. The summed E-state index contributed by atoms with van der Waals surface area (Å²) in [5.41, 5.74) is 3.04. The quantitative estimate of drug-likeness (QED) is 0.319. The molecular weight excluding hydrogens is 463 g/mol.